The van der Waals surface area contributed by atoms with E-state index in [9.17, 15) is 9.59 Å². The topological polar surface area (TPSA) is 38.5 Å². The van der Waals surface area contributed by atoms with E-state index in [4.69, 9.17) is 6.57 Å². The molecule has 0 unspecified atom stereocenters. The van der Waals surface area contributed by atoms with Gasteiger partial charge in [0.1, 0.15) is 0 Å². The van der Waals surface area contributed by atoms with Gasteiger partial charge in [-0.05, 0) is 18.1 Å². The van der Waals surface area contributed by atoms with Crippen LogP contribution < -0.4 is 0 Å². The number of nitrogens with zero attached hydrogens (tertiary/aromatic N) is 1. The molecule has 0 atom stereocenters. The molecular formula is C13H9NO2. The lowest BCUT2D eigenvalue weighted by molar-refractivity contribution is -0.113. The maximum atomic E-state index is 11.7. The Morgan fingerprint density at radius 3 is 2.50 bits per heavy atom. The largest absolute Gasteiger partial charge is 0.308 e. The first-order valence-electron chi connectivity index (χ1n) is 4.89. The number of ketones is 2. The third kappa shape index (κ3) is 1.45. The second-order valence-electron chi connectivity index (χ2n) is 3.64. The van der Waals surface area contributed by atoms with Crippen LogP contribution in [0.25, 0.3) is 10.4 Å². The number of benzene rings is 1. The van der Waals surface area contributed by atoms with E-state index in [0.29, 0.717) is 11.1 Å². The Morgan fingerprint density at radius 2 is 1.94 bits per heavy atom. The minimum atomic E-state index is -0.283. The Kier molecular flexibility index (Phi) is 2.41. The average Bonchev–Trinajstić information content (AvgIpc) is 2.58. The van der Waals surface area contributed by atoms with Gasteiger partial charge < -0.3 is 4.79 Å². The summed E-state index contributed by atoms with van der Waals surface area (Å²) in [5.74, 6) is -0.303. The van der Waals surface area contributed by atoms with E-state index in [1.165, 1.54) is 6.92 Å². The second-order valence-corrected chi connectivity index (χ2v) is 3.64. The van der Waals surface area contributed by atoms with E-state index in [2.05, 4.69) is 4.85 Å². The monoisotopic (exact) mass is 211 g/mol. The first kappa shape index (κ1) is 10.3. The second kappa shape index (κ2) is 3.74. The molecule has 0 aromatic heterocycles. The van der Waals surface area contributed by atoms with Gasteiger partial charge in [-0.1, -0.05) is 24.3 Å². The molecule has 2 rings (SSSR count). The van der Waals surface area contributed by atoms with Crippen molar-refractivity contribution in [1.29, 1.82) is 0 Å². The zero-order chi connectivity index (χ0) is 11.7. The number of allylic oxidation sites excluding steroid dienone is 2. The fourth-order valence-electron chi connectivity index (χ4n) is 1.91. The molecule has 0 heterocycles. The highest BCUT2D eigenvalue weighted by Gasteiger charge is 2.27. The fraction of sp³-hybridized carbons (Fsp3) is 0.154. The van der Waals surface area contributed by atoms with Gasteiger partial charge in [0.25, 0.3) is 0 Å². The van der Waals surface area contributed by atoms with E-state index in [-0.39, 0.29) is 23.7 Å². The van der Waals surface area contributed by atoms with Crippen molar-refractivity contribution in [3.63, 3.8) is 0 Å². The molecule has 1 aromatic rings. The quantitative estimate of drug-likeness (QED) is 0.528. The average molecular weight is 211 g/mol. The van der Waals surface area contributed by atoms with Crippen LogP contribution in [0.5, 0.6) is 0 Å². The minimum Gasteiger partial charge on any atom is -0.308 e. The molecular weight excluding hydrogens is 202 g/mol. The molecule has 0 N–H and O–H groups in total. The summed E-state index contributed by atoms with van der Waals surface area (Å²) < 4.78 is 0. The smallest absolute Gasteiger partial charge is 0.233 e. The van der Waals surface area contributed by atoms with Gasteiger partial charge >= 0.3 is 0 Å². The normalized spacial score (nSPS) is 16.6. The van der Waals surface area contributed by atoms with Crippen LogP contribution in [0.15, 0.2) is 30.0 Å². The molecule has 0 bridgehead atoms. The van der Waals surface area contributed by atoms with E-state index < -0.39 is 0 Å². The van der Waals surface area contributed by atoms with Crippen LogP contribution in [-0.2, 0) is 4.79 Å². The van der Waals surface area contributed by atoms with Crippen LogP contribution in [0.4, 0.5) is 0 Å². The summed E-state index contributed by atoms with van der Waals surface area (Å²) in [5, 5.41) is 0. The molecule has 0 spiro atoms. The maximum Gasteiger partial charge on any atom is 0.233 e. The summed E-state index contributed by atoms with van der Waals surface area (Å²) in [6.07, 6.45) is 0.163. The van der Waals surface area contributed by atoms with Crippen molar-refractivity contribution < 1.29 is 9.59 Å². The lowest BCUT2D eigenvalue weighted by Crippen LogP contribution is -1.95. The van der Waals surface area contributed by atoms with Gasteiger partial charge in [-0.3, -0.25) is 4.79 Å². The first-order valence-corrected chi connectivity index (χ1v) is 4.89. The Labute approximate surface area is 93.2 Å². The summed E-state index contributed by atoms with van der Waals surface area (Å²) in [6, 6.07) is 7.10. The highest BCUT2D eigenvalue weighted by atomic mass is 16.1. The van der Waals surface area contributed by atoms with Crippen LogP contribution >= 0.6 is 0 Å². The minimum absolute atomic E-state index is 0.0204. The maximum absolute atomic E-state index is 11.7. The van der Waals surface area contributed by atoms with Gasteiger partial charge in [0.2, 0.25) is 5.70 Å². The Balaban J connectivity index is 2.70. The molecule has 0 saturated carbocycles. The summed E-state index contributed by atoms with van der Waals surface area (Å²) in [6.45, 7) is 8.35. The number of carbonyl (C=O) groups is 2. The van der Waals surface area contributed by atoms with Gasteiger partial charge in [0.15, 0.2) is 11.6 Å². The molecule has 3 heteroatoms. The van der Waals surface area contributed by atoms with Gasteiger partial charge in [-0.2, -0.15) is 0 Å². The Hall–Kier alpha value is -2.21. The van der Waals surface area contributed by atoms with Gasteiger partial charge in [-0.25, -0.2) is 4.85 Å². The van der Waals surface area contributed by atoms with Crippen molar-refractivity contribution in [2.45, 2.75) is 13.3 Å². The van der Waals surface area contributed by atoms with Gasteiger partial charge in [0.05, 0.1) is 6.57 Å². The van der Waals surface area contributed by atoms with Gasteiger partial charge in [-0.15, -0.1) is 0 Å². The van der Waals surface area contributed by atoms with Crippen molar-refractivity contribution in [2.24, 2.45) is 0 Å². The summed E-state index contributed by atoms with van der Waals surface area (Å²) in [4.78, 5) is 26.2. The highest BCUT2D eigenvalue weighted by molar-refractivity contribution is 6.16. The van der Waals surface area contributed by atoms with Crippen LogP contribution in [0.3, 0.4) is 0 Å². The van der Waals surface area contributed by atoms with E-state index >= 15 is 0 Å². The molecule has 1 aromatic carbocycles. The summed E-state index contributed by atoms with van der Waals surface area (Å²) in [7, 11) is 0. The number of Topliss-reactive ketones (excluding diaryl/α,β-unsaturated/α-hetero) is 2. The molecule has 1 aliphatic carbocycles. The van der Waals surface area contributed by atoms with Crippen molar-refractivity contribution in [2.75, 3.05) is 0 Å². The van der Waals surface area contributed by atoms with E-state index in [0.717, 1.165) is 5.56 Å². The number of fused-ring (bicyclic) bond motifs is 1. The molecule has 0 saturated heterocycles. The predicted octanol–water partition coefficient (Wildman–Crippen LogP) is 2.49. The summed E-state index contributed by atoms with van der Waals surface area (Å²) in [5.41, 5.74) is 2.00. The lowest BCUT2D eigenvalue weighted by atomic mass is 10.0. The standard InChI is InChI=1S/C13H9NO2/c1-8(15)13(14-2)11-7-12(16)10-6-4-3-5-9(10)11/h3-6H,7H2,1H3/b13-11-. The lowest BCUT2D eigenvalue weighted by Gasteiger charge is -2.01. The van der Waals surface area contributed by atoms with Crippen LogP contribution in [0, 0.1) is 6.57 Å². The first-order chi connectivity index (χ1) is 7.65. The molecule has 78 valence electrons. The number of hydrogen-bond donors (Lipinski definition) is 0. The van der Waals surface area contributed by atoms with Crippen LogP contribution in [-0.4, -0.2) is 11.6 Å². The molecule has 16 heavy (non-hydrogen) atoms. The zero-order valence-corrected chi connectivity index (χ0v) is 8.78. The number of rotatable bonds is 1. The third-order valence-electron chi connectivity index (χ3n) is 2.62. The number of hydrogen-bond acceptors (Lipinski definition) is 2. The Morgan fingerprint density at radius 1 is 1.31 bits per heavy atom. The molecule has 0 radical (unpaired) electrons. The van der Waals surface area contributed by atoms with Crippen molar-refractivity contribution >= 4 is 17.1 Å². The molecule has 0 aliphatic heterocycles. The predicted molar refractivity (Wildman–Crippen MR) is 59.6 cm³/mol. The van der Waals surface area contributed by atoms with E-state index in [1.54, 1.807) is 24.3 Å². The molecule has 1 aliphatic rings. The molecule has 0 amide bonds. The zero-order valence-electron chi connectivity index (χ0n) is 8.78. The fourth-order valence-corrected chi connectivity index (χ4v) is 1.91. The van der Waals surface area contributed by atoms with Crippen LogP contribution in [0.1, 0.15) is 29.3 Å². The van der Waals surface area contributed by atoms with E-state index in [1.807, 2.05) is 0 Å². The van der Waals surface area contributed by atoms with Crippen LogP contribution in [0.2, 0.25) is 0 Å². The Bertz CT molecular complexity index is 562. The number of carbonyl (C=O) groups excluding carboxylic acids is 2. The third-order valence-corrected chi connectivity index (χ3v) is 2.62. The highest BCUT2D eigenvalue weighted by Crippen LogP contribution is 2.34. The SMILES string of the molecule is [C-]#[N+]/C(C(C)=O)=C1/CC(=O)c2ccccc21. The molecule has 0 fully saturated rings. The van der Waals surface area contributed by atoms with Crippen molar-refractivity contribution in [3.8, 4) is 0 Å². The molecule has 3 nitrogen and oxygen atoms in total. The van der Waals surface area contributed by atoms with Crippen molar-refractivity contribution in [1.82, 2.24) is 0 Å². The summed E-state index contributed by atoms with van der Waals surface area (Å²) >= 11 is 0. The van der Waals surface area contributed by atoms with Gasteiger partial charge in [0, 0.05) is 12.0 Å². The van der Waals surface area contributed by atoms with Crippen molar-refractivity contribution in [3.05, 3.63) is 52.5 Å².